The Morgan fingerprint density at radius 2 is 2.00 bits per heavy atom. The summed E-state index contributed by atoms with van der Waals surface area (Å²) in [5.74, 6) is 1.40. The summed E-state index contributed by atoms with van der Waals surface area (Å²) >= 11 is -1.21. The lowest BCUT2D eigenvalue weighted by atomic mass is 9.78. The zero-order valence-electron chi connectivity index (χ0n) is 15.3. The van der Waals surface area contributed by atoms with Crippen molar-refractivity contribution in [2.75, 3.05) is 0 Å². The van der Waals surface area contributed by atoms with Crippen LogP contribution in [0.2, 0.25) is 0 Å². The first-order chi connectivity index (χ1) is 11.9. The van der Waals surface area contributed by atoms with Gasteiger partial charge in [-0.05, 0) is 75.7 Å². The smallest absolute Gasteiger partial charge is 0.144 e. The fourth-order valence-corrected chi connectivity index (χ4v) is 3.82. The number of ether oxygens (including phenoxy) is 1. The molecule has 1 fully saturated rings. The third kappa shape index (κ3) is 4.77. The maximum absolute atomic E-state index is 12.5. The van der Waals surface area contributed by atoms with E-state index in [0.717, 1.165) is 36.3 Å². The van der Waals surface area contributed by atoms with E-state index in [1.807, 2.05) is 39.0 Å². The average Bonchev–Trinajstić information content (AvgIpc) is 2.60. The number of hydrogen-bond acceptors (Lipinski definition) is 3. The summed E-state index contributed by atoms with van der Waals surface area (Å²) < 4.78 is 22.7. The van der Waals surface area contributed by atoms with E-state index in [1.54, 1.807) is 0 Å². The van der Waals surface area contributed by atoms with Crippen LogP contribution in [0.4, 0.5) is 0 Å². The van der Waals surface area contributed by atoms with Gasteiger partial charge in [0.05, 0.1) is 5.71 Å². The molecule has 4 heteroatoms. The Kier molecular flexibility index (Phi) is 5.70. The van der Waals surface area contributed by atoms with Gasteiger partial charge in [-0.15, -0.1) is 0 Å². The van der Waals surface area contributed by atoms with Crippen LogP contribution in [0, 0.1) is 5.92 Å². The Morgan fingerprint density at radius 1 is 1.24 bits per heavy atom. The third-order valence-corrected chi connectivity index (χ3v) is 6.04. The van der Waals surface area contributed by atoms with Crippen LogP contribution in [0.25, 0.3) is 0 Å². The van der Waals surface area contributed by atoms with Crippen molar-refractivity contribution in [3.8, 4) is 0 Å². The highest BCUT2D eigenvalue weighted by atomic mass is 32.2. The summed E-state index contributed by atoms with van der Waals surface area (Å²) in [6.45, 7) is 6.48. The molecule has 0 spiro atoms. The van der Waals surface area contributed by atoms with Crippen molar-refractivity contribution < 1.29 is 9.29 Å². The lowest BCUT2D eigenvalue weighted by molar-refractivity contribution is 0.207. The summed E-state index contributed by atoms with van der Waals surface area (Å²) in [6, 6.07) is 10.2. The maximum Gasteiger partial charge on any atom is 0.144 e. The minimum absolute atomic E-state index is 0.322. The van der Waals surface area contributed by atoms with E-state index in [1.165, 1.54) is 12.0 Å². The van der Waals surface area contributed by atoms with E-state index in [-0.39, 0.29) is 4.75 Å². The number of nitrogens with zero attached hydrogens (tertiary/aromatic N) is 1. The molecule has 2 unspecified atom stereocenters. The van der Waals surface area contributed by atoms with E-state index < -0.39 is 11.4 Å². The molecule has 1 saturated carbocycles. The topological polar surface area (TPSA) is 44.7 Å². The van der Waals surface area contributed by atoms with Gasteiger partial charge < -0.3 is 9.29 Å². The van der Waals surface area contributed by atoms with Crippen LogP contribution in [-0.4, -0.2) is 15.0 Å². The van der Waals surface area contributed by atoms with Crippen LogP contribution in [0.15, 0.2) is 58.2 Å². The van der Waals surface area contributed by atoms with Gasteiger partial charge in [0, 0.05) is 0 Å². The van der Waals surface area contributed by atoms with Crippen molar-refractivity contribution in [3.05, 3.63) is 59.4 Å². The Bertz CT molecular complexity index is 686. The number of hydrogen-bond donors (Lipinski definition) is 0. The summed E-state index contributed by atoms with van der Waals surface area (Å²) in [5.41, 5.74) is 3.41. The highest BCUT2D eigenvalue weighted by molar-refractivity contribution is 7.91. The normalized spacial score (nSPS) is 23.5. The van der Waals surface area contributed by atoms with Crippen LogP contribution < -0.4 is 0 Å². The molecule has 0 aromatic heterocycles. The van der Waals surface area contributed by atoms with Crippen molar-refractivity contribution in [1.82, 2.24) is 0 Å². The second kappa shape index (κ2) is 7.79. The summed E-state index contributed by atoms with van der Waals surface area (Å²) in [6.07, 6.45) is 8.49. The van der Waals surface area contributed by atoms with Gasteiger partial charge in [-0.2, -0.15) is 0 Å². The molecular weight excluding hydrogens is 330 g/mol. The van der Waals surface area contributed by atoms with E-state index in [2.05, 4.69) is 28.7 Å². The van der Waals surface area contributed by atoms with Crippen molar-refractivity contribution in [1.29, 1.82) is 0 Å². The molecule has 0 saturated heterocycles. The molecule has 0 amide bonds. The molecule has 1 aromatic rings. The Hall–Kier alpha value is -1.52. The molecule has 0 aliphatic heterocycles. The fourth-order valence-electron chi connectivity index (χ4n) is 3.14. The quantitative estimate of drug-likeness (QED) is 0.702. The number of rotatable bonds is 4. The second-order valence-corrected chi connectivity index (χ2v) is 9.61. The van der Waals surface area contributed by atoms with Gasteiger partial charge >= 0.3 is 0 Å². The lowest BCUT2D eigenvalue weighted by Crippen LogP contribution is -2.29. The Labute approximate surface area is 154 Å². The Morgan fingerprint density at radius 3 is 2.72 bits per heavy atom. The molecule has 2 aliphatic rings. The third-order valence-electron chi connectivity index (χ3n) is 4.61. The van der Waals surface area contributed by atoms with E-state index >= 15 is 0 Å². The largest absolute Gasteiger partial charge is 0.591 e. The predicted octanol–water partition coefficient (Wildman–Crippen LogP) is 5.12. The van der Waals surface area contributed by atoms with Crippen LogP contribution >= 0.6 is 0 Å². The van der Waals surface area contributed by atoms with Gasteiger partial charge in [-0.25, -0.2) is 0 Å². The first kappa shape index (κ1) is 18.3. The van der Waals surface area contributed by atoms with Gasteiger partial charge in [0.1, 0.15) is 28.5 Å². The molecule has 2 aliphatic carbocycles. The molecule has 0 heterocycles. The van der Waals surface area contributed by atoms with Crippen molar-refractivity contribution in [2.45, 2.75) is 57.8 Å². The highest BCUT2D eigenvalue weighted by Gasteiger charge is 2.32. The summed E-state index contributed by atoms with van der Waals surface area (Å²) in [5, 5.41) is 0. The van der Waals surface area contributed by atoms with Gasteiger partial charge in [0.15, 0.2) is 0 Å². The van der Waals surface area contributed by atoms with E-state index in [0.29, 0.717) is 12.5 Å². The molecule has 0 N–H and O–H groups in total. The summed E-state index contributed by atoms with van der Waals surface area (Å²) in [7, 11) is 0. The standard InChI is InChI=1S/C21H27NO2S/c1-21(2,3)25(23)22-20-11-7-10-17-12-13-18(14-19(17)20)24-15-16-8-5-4-6-9-16/h4-6,8-9,13-14,17H,7,10-12,15H2,1-3H3. The minimum atomic E-state index is -1.21. The van der Waals surface area contributed by atoms with Crippen LogP contribution in [-0.2, 0) is 22.7 Å². The number of benzene rings is 1. The van der Waals surface area contributed by atoms with Gasteiger partial charge in [-0.3, -0.25) is 0 Å². The first-order valence-corrected chi connectivity index (χ1v) is 10.1. The van der Waals surface area contributed by atoms with Gasteiger partial charge in [0.2, 0.25) is 0 Å². The van der Waals surface area contributed by atoms with Crippen molar-refractivity contribution >= 4 is 17.1 Å². The predicted molar refractivity (Wildman–Crippen MR) is 105 cm³/mol. The van der Waals surface area contributed by atoms with E-state index in [4.69, 9.17) is 4.74 Å². The van der Waals surface area contributed by atoms with Gasteiger partial charge in [-0.1, -0.05) is 34.7 Å². The maximum atomic E-state index is 12.5. The van der Waals surface area contributed by atoms with E-state index in [9.17, 15) is 4.55 Å². The number of allylic oxidation sites excluding steroid dienone is 3. The molecule has 3 nitrogen and oxygen atoms in total. The number of fused-ring (bicyclic) bond motifs is 1. The molecule has 2 atom stereocenters. The SMILES string of the molecule is CC(C)(C)[S+]([O-])N=C1CCCC2CC=C(OCc3ccccc3)C=C12. The summed E-state index contributed by atoms with van der Waals surface area (Å²) in [4.78, 5) is 0. The molecule has 1 aromatic carbocycles. The van der Waals surface area contributed by atoms with Crippen LogP contribution in [0.3, 0.4) is 0 Å². The minimum Gasteiger partial charge on any atom is -0.591 e. The first-order valence-electron chi connectivity index (χ1n) is 9.02. The lowest BCUT2D eigenvalue weighted by Gasteiger charge is -2.29. The Balaban J connectivity index is 1.74. The van der Waals surface area contributed by atoms with Crippen LogP contribution in [0.5, 0.6) is 0 Å². The zero-order chi connectivity index (χ0) is 17.9. The molecule has 0 bridgehead atoms. The molecule has 3 rings (SSSR count). The average molecular weight is 358 g/mol. The molecule has 134 valence electrons. The van der Waals surface area contributed by atoms with Gasteiger partial charge in [0.25, 0.3) is 0 Å². The fraction of sp³-hybridized carbons (Fsp3) is 0.476. The molecule has 0 radical (unpaired) electrons. The van der Waals surface area contributed by atoms with Crippen molar-refractivity contribution in [3.63, 3.8) is 0 Å². The molecule has 25 heavy (non-hydrogen) atoms. The van der Waals surface area contributed by atoms with Crippen molar-refractivity contribution in [2.24, 2.45) is 10.3 Å². The molecular formula is C21H27NO2S. The highest BCUT2D eigenvalue weighted by Crippen LogP contribution is 2.36. The monoisotopic (exact) mass is 357 g/mol. The van der Waals surface area contributed by atoms with Crippen LogP contribution in [0.1, 0.15) is 52.0 Å². The zero-order valence-corrected chi connectivity index (χ0v) is 16.1. The second-order valence-electron chi connectivity index (χ2n) is 7.70.